The molecule has 2 heterocycles. The molecule has 0 aliphatic carbocycles. The fourth-order valence-corrected chi connectivity index (χ4v) is 8.15. The average Bonchev–Trinajstić information content (AvgIpc) is 3.74. The minimum absolute atomic E-state index is 0.470. The van der Waals surface area contributed by atoms with Crippen molar-refractivity contribution in [1.82, 2.24) is 9.13 Å². The molecule has 0 atom stereocenters. The molecule has 0 fully saturated rings. The summed E-state index contributed by atoms with van der Waals surface area (Å²) >= 11 is 0. The van der Waals surface area contributed by atoms with Crippen LogP contribution in [-0.4, -0.2) is 32.7 Å². The monoisotopic (exact) mass is 666 g/mol. The number of rotatable bonds is 5. The highest BCUT2D eigenvalue weighted by Crippen LogP contribution is 2.38. The smallest absolute Gasteiger partial charge is 0.115 e. The summed E-state index contributed by atoms with van der Waals surface area (Å²) in [5.74, 6) is 0. The second-order valence-electron chi connectivity index (χ2n) is 13.6. The van der Waals surface area contributed by atoms with E-state index in [9.17, 15) is 0 Å². The Morgan fingerprint density at radius 2 is 0.868 bits per heavy atom. The topological polar surface area (TPSA) is 9.86 Å². The van der Waals surface area contributed by atoms with Crippen LogP contribution in [-0.2, 0) is 0 Å². The van der Waals surface area contributed by atoms with E-state index in [0.29, 0.717) is 16.4 Å². The lowest BCUT2D eigenvalue weighted by molar-refractivity contribution is 1.18. The molecule has 10 rings (SSSR count). The Kier molecular flexibility index (Phi) is 7.30. The minimum Gasteiger partial charge on any atom is -0.310 e. The van der Waals surface area contributed by atoms with Crippen molar-refractivity contribution in [3.8, 4) is 44.8 Å². The SMILES string of the molecule is [B]c1c(-c2ccc3c(c2)c2ccc(-c4ccccc4)cc2n3-c2ccccc2)c([B])c2c3ccccc3n(-c3ccc(-c4ccccc4)cc3)c2c1[B]. The Hall–Kier alpha value is -6.45. The van der Waals surface area contributed by atoms with E-state index in [1.165, 1.54) is 11.1 Å². The highest BCUT2D eigenvalue weighted by atomic mass is 15.0. The molecule has 0 spiro atoms. The standard InChI is InChI=1S/C48H29B3N2/c49-45-43(34-23-27-41-39(28-34)37-26-22-33(31-14-6-2-7-15-31)29-42(37)52(41)35-16-8-3-9-17-35)46(50)47(51)48-44(45)38-18-10-11-19-40(38)53(48)36-24-20-32(21-25-36)30-12-4-1-5-13-30/h1-29H. The van der Waals surface area contributed by atoms with Gasteiger partial charge in [-0.25, -0.2) is 0 Å². The van der Waals surface area contributed by atoms with Crippen molar-refractivity contribution in [2.45, 2.75) is 0 Å². The van der Waals surface area contributed by atoms with Crippen molar-refractivity contribution in [3.63, 3.8) is 0 Å². The van der Waals surface area contributed by atoms with Gasteiger partial charge in [-0.2, -0.15) is 0 Å². The second kappa shape index (κ2) is 12.4. The fraction of sp³-hybridized carbons (Fsp3) is 0. The number of para-hydroxylation sites is 2. The van der Waals surface area contributed by atoms with E-state index in [-0.39, 0.29) is 0 Å². The van der Waals surface area contributed by atoms with Crippen LogP contribution in [0.2, 0.25) is 0 Å². The van der Waals surface area contributed by atoms with Crippen LogP contribution in [0.1, 0.15) is 0 Å². The number of aromatic nitrogens is 2. The normalized spacial score (nSPS) is 11.6. The molecule has 240 valence electrons. The number of nitrogens with zero attached hydrogens (tertiary/aromatic N) is 2. The van der Waals surface area contributed by atoms with Gasteiger partial charge < -0.3 is 9.13 Å². The predicted molar refractivity (Wildman–Crippen MR) is 228 cm³/mol. The molecule has 5 heteroatoms. The second-order valence-corrected chi connectivity index (χ2v) is 13.6. The molecule has 53 heavy (non-hydrogen) atoms. The van der Waals surface area contributed by atoms with E-state index in [1.54, 1.807) is 0 Å². The van der Waals surface area contributed by atoms with Gasteiger partial charge in [-0.1, -0.05) is 144 Å². The van der Waals surface area contributed by atoms with Gasteiger partial charge >= 0.3 is 0 Å². The molecular formula is C48H29B3N2. The summed E-state index contributed by atoms with van der Waals surface area (Å²) in [4.78, 5) is 0. The number of fused-ring (bicyclic) bond motifs is 6. The van der Waals surface area contributed by atoms with E-state index in [4.69, 9.17) is 23.5 Å². The molecule has 0 amide bonds. The van der Waals surface area contributed by atoms with E-state index < -0.39 is 0 Å². The van der Waals surface area contributed by atoms with E-state index in [2.05, 4.69) is 155 Å². The number of hydrogen-bond acceptors (Lipinski definition) is 0. The summed E-state index contributed by atoms with van der Waals surface area (Å²) in [7, 11) is 21.4. The third kappa shape index (κ3) is 4.92. The molecule has 0 aliphatic rings. The summed E-state index contributed by atoms with van der Waals surface area (Å²) in [5.41, 5.74) is 14.0. The summed E-state index contributed by atoms with van der Waals surface area (Å²) in [6, 6.07) is 61.5. The minimum atomic E-state index is 0.470. The first-order valence-corrected chi connectivity index (χ1v) is 17.8. The van der Waals surface area contributed by atoms with E-state index in [1.807, 2.05) is 30.3 Å². The van der Waals surface area contributed by atoms with Crippen LogP contribution in [0.5, 0.6) is 0 Å². The Morgan fingerprint density at radius 3 is 1.58 bits per heavy atom. The maximum Gasteiger partial charge on any atom is 0.115 e. The van der Waals surface area contributed by atoms with Gasteiger partial charge in [0.15, 0.2) is 0 Å². The van der Waals surface area contributed by atoms with Crippen molar-refractivity contribution in [3.05, 3.63) is 176 Å². The van der Waals surface area contributed by atoms with Gasteiger partial charge in [-0.05, 0) is 81.9 Å². The van der Waals surface area contributed by atoms with Crippen molar-refractivity contribution < 1.29 is 0 Å². The third-order valence-corrected chi connectivity index (χ3v) is 10.6. The van der Waals surface area contributed by atoms with Gasteiger partial charge in [0.25, 0.3) is 0 Å². The first-order valence-electron chi connectivity index (χ1n) is 17.8. The lowest BCUT2D eigenvalue weighted by atomic mass is 9.69. The summed E-state index contributed by atoms with van der Waals surface area (Å²) in [6.07, 6.45) is 0. The van der Waals surface area contributed by atoms with Crippen LogP contribution < -0.4 is 16.4 Å². The molecule has 8 aromatic carbocycles. The molecule has 2 aromatic heterocycles. The van der Waals surface area contributed by atoms with Crippen LogP contribution in [0.4, 0.5) is 0 Å². The van der Waals surface area contributed by atoms with Gasteiger partial charge in [-0.15, -0.1) is 0 Å². The van der Waals surface area contributed by atoms with Crippen LogP contribution in [0.25, 0.3) is 88.4 Å². The molecule has 0 saturated heterocycles. The Balaban J connectivity index is 1.19. The molecule has 2 nitrogen and oxygen atoms in total. The molecule has 0 N–H and O–H groups in total. The van der Waals surface area contributed by atoms with Crippen LogP contribution in [0.3, 0.4) is 0 Å². The predicted octanol–water partition coefficient (Wildman–Crippen LogP) is 9.26. The summed E-state index contributed by atoms with van der Waals surface area (Å²) in [5, 5.41) is 4.18. The van der Waals surface area contributed by atoms with Gasteiger partial charge in [0.05, 0.1) is 16.6 Å². The van der Waals surface area contributed by atoms with Crippen LogP contribution in [0, 0.1) is 0 Å². The molecule has 0 aliphatic heterocycles. The van der Waals surface area contributed by atoms with Crippen molar-refractivity contribution in [2.75, 3.05) is 0 Å². The molecule has 6 radical (unpaired) electrons. The van der Waals surface area contributed by atoms with E-state index >= 15 is 0 Å². The third-order valence-electron chi connectivity index (χ3n) is 10.6. The Labute approximate surface area is 312 Å². The Bertz CT molecular complexity index is 3000. The highest BCUT2D eigenvalue weighted by molar-refractivity contribution is 6.60. The van der Waals surface area contributed by atoms with Gasteiger partial charge in [0.1, 0.15) is 23.5 Å². The molecule has 0 bridgehead atoms. The maximum absolute atomic E-state index is 7.26. The number of benzene rings is 8. The largest absolute Gasteiger partial charge is 0.310 e. The highest BCUT2D eigenvalue weighted by Gasteiger charge is 2.22. The molecular weight excluding hydrogens is 637 g/mol. The van der Waals surface area contributed by atoms with Gasteiger partial charge in [0, 0.05) is 38.4 Å². The van der Waals surface area contributed by atoms with Crippen LogP contribution >= 0.6 is 0 Å². The maximum atomic E-state index is 7.26. The zero-order valence-electron chi connectivity index (χ0n) is 28.9. The average molecular weight is 666 g/mol. The van der Waals surface area contributed by atoms with Crippen molar-refractivity contribution in [2.24, 2.45) is 0 Å². The van der Waals surface area contributed by atoms with Gasteiger partial charge in [-0.3, -0.25) is 0 Å². The lowest BCUT2D eigenvalue weighted by Gasteiger charge is -2.19. The lowest BCUT2D eigenvalue weighted by Crippen LogP contribution is -2.35. The molecule has 0 saturated carbocycles. The first-order chi connectivity index (χ1) is 26.1. The first kappa shape index (κ1) is 31.3. The van der Waals surface area contributed by atoms with Crippen molar-refractivity contribution in [1.29, 1.82) is 0 Å². The zero-order valence-corrected chi connectivity index (χ0v) is 28.9. The molecule has 0 unspecified atom stereocenters. The fourth-order valence-electron chi connectivity index (χ4n) is 8.15. The summed E-state index contributed by atoms with van der Waals surface area (Å²) < 4.78 is 4.52. The van der Waals surface area contributed by atoms with Gasteiger partial charge in [0.2, 0.25) is 0 Å². The van der Waals surface area contributed by atoms with E-state index in [0.717, 1.165) is 77.2 Å². The van der Waals surface area contributed by atoms with Crippen LogP contribution in [0.15, 0.2) is 176 Å². The molecule has 10 aromatic rings. The van der Waals surface area contributed by atoms with Crippen molar-refractivity contribution >= 4 is 83.5 Å². The summed E-state index contributed by atoms with van der Waals surface area (Å²) in [6.45, 7) is 0. The Morgan fingerprint density at radius 1 is 0.321 bits per heavy atom. The zero-order chi connectivity index (χ0) is 35.6. The number of hydrogen-bond donors (Lipinski definition) is 0. The quantitative estimate of drug-likeness (QED) is 0.162.